The van der Waals surface area contributed by atoms with Crippen LogP contribution in [0.2, 0.25) is 0 Å². The fourth-order valence-electron chi connectivity index (χ4n) is 2.27. The summed E-state index contributed by atoms with van der Waals surface area (Å²) < 4.78 is 0.730. The van der Waals surface area contributed by atoms with Crippen LogP contribution in [0, 0.1) is 0 Å². The quantitative estimate of drug-likeness (QED) is 0.841. The SMILES string of the molecule is CC1=Cc2cc(C(=O)c3ccccc3Br)c(O)cc21. The molecule has 1 aliphatic carbocycles. The Balaban J connectivity index is 2.08. The Morgan fingerprint density at radius 2 is 1.89 bits per heavy atom. The maximum absolute atomic E-state index is 12.4. The third kappa shape index (κ3) is 1.90. The van der Waals surface area contributed by atoms with E-state index in [2.05, 4.69) is 15.9 Å². The van der Waals surface area contributed by atoms with Gasteiger partial charge in [-0.3, -0.25) is 4.79 Å². The van der Waals surface area contributed by atoms with Gasteiger partial charge >= 0.3 is 0 Å². The zero-order valence-corrected chi connectivity index (χ0v) is 11.9. The van der Waals surface area contributed by atoms with Gasteiger partial charge in [0.2, 0.25) is 0 Å². The second-order valence-electron chi connectivity index (χ2n) is 4.59. The van der Waals surface area contributed by atoms with Crippen molar-refractivity contribution >= 4 is 33.4 Å². The van der Waals surface area contributed by atoms with Crippen molar-refractivity contribution in [1.29, 1.82) is 0 Å². The van der Waals surface area contributed by atoms with Crippen molar-refractivity contribution in [2.24, 2.45) is 0 Å². The minimum absolute atomic E-state index is 0.0342. The first-order chi connectivity index (χ1) is 9.08. The Labute approximate surface area is 119 Å². The molecule has 1 aliphatic rings. The highest BCUT2D eigenvalue weighted by Crippen LogP contribution is 2.37. The van der Waals surface area contributed by atoms with Gasteiger partial charge in [0, 0.05) is 10.0 Å². The van der Waals surface area contributed by atoms with Crippen molar-refractivity contribution < 1.29 is 9.90 Å². The Morgan fingerprint density at radius 1 is 1.16 bits per heavy atom. The molecule has 0 heterocycles. The number of phenols is 1. The fraction of sp³-hybridized carbons (Fsp3) is 0.0625. The summed E-state index contributed by atoms with van der Waals surface area (Å²) in [5, 5.41) is 10.0. The molecule has 1 N–H and O–H groups in total. The Hall–Kier alpha value is -1.87. The van der Waals surface area contributed by atoms with E-state index in [9.17, 15) is 9.90 Å². The van der Waals surface area contributed by atoms with Crippen LogP contribution in [0.3, 0.4) is 0 Å². The highest BCUT2D eigenvalue weighted by atomic mass is 79.9. The third-order valence-electron chi connectivity index (χ3n) is 3.33. The lowest BCUT2D eigenvalue weighted by atomic mass is 9.86. The molecule has 0 unspecified atom stereocenters. The normalized spacial score (nSPS) is 12.4. The number of rotatable bonds is 2. The maximum atomic E-state index is 12.4. The van der Waals surface area contributed by atoms with Gasteiger partial charge in [0.25, 0.3) is 0 Å². The molecule has 0 fully saturated rings. The number of allylic oxidation sites excluding steroid dienone is 1. The molecule has 19 heavy (non-hydrogen) atoms. The molecule has 0 amide bonds. The van der Waals surface area contributed by atoms with Crippen LogP contribution in [-0.4, -0.2) is 10.9 Å². The smallest absolute Gasteiger partial charge is 0.197 e. The van der Waals surface area contributed by atoms with Gasteiger partial charge in [0.1, 0.15) is 5.75 Å². The number of carbonyl (C=O) groups is 1. The van der Waals surface area contributed by atoms with E-state index in [1.807, 2.05) is 25.1 Å². The summed E-state index contributed by atoms with van der Waals surface area (Å²) in [6.07, 6.45) is 2.01. The molecule has 3 heteroatoms. The number of aromatic hydroxyl groups is 1. The van der Waals surface area contributed by atoms with Crippen LogP contribution in [0.25, 0.3) is 11.6 Å². The topological polar surface area (TPSA) is 37.3 Å². The van der Waals surface area contributed by atoms with Crippen LogP contribution in [0.4, 0.5) is 0 Å². The maximum Gasteiger partial charge on any atom is 0.197 e. The van der Waals surface area contributed by atoms with Crippen LogP contribution in [-0.2, 0) is 0 Å². The van der Waals surface area contributed by atoms with E-state index in [1.165, 1.54) is 0 Å². The highest BCUT2D eigenvalue weighted by molar-refractivity contribution is 9.10. The van der Waals surface area contributed by atoms with Crippen molar-refractivity contribution in [2.75, 3.05) is 0 Å². The second kappa shape index (κ2) is 4.35. The van der Waals surface area contributed by atoms with Gasteiger partial charge < -0.3 is 5.11 Å². The summed E-state index contributed by atoms with van der Waals surface area (Å²) >= 11 is 3.36. The van der Waals surface area contributed by atoms with E-state index >= 15 is 0 Å². The minimum Gasteiger partial charge on any atom is -0.507 e. The molecule has 0 saturated heterocycles. The van der Waals surface area contributed by atoms with Crippen molar-refractivity contribution in [3.63, 3.8) is 0 Å². The largest absolute Gasteiger partial charge is 0.507 e. The van der Waals surface area contributed by atoms with E-state index in [-0.39, 0.29) is 11.5 Å². The zero-order valence-electron chi connectivity index (χ0n) is 10.3. The van der Waals surface area contributed by atoms with Gasteiger partial charge in [-0.15, -0.1) is 0 Å². The molecular weight excluding hydrogens is 304 g/mol. The summed E-state index contributed by atoms with van der Waals surface area (Å²) in [5.41, 5.74) is 4.05. The van der Waals surface area contributed by atoms with Crippen LogP contribution in [0.1, 0.15) is 34.0 Å². The number of carbonyl (C=O) groups excluding carboxylic acids is 1. The molecule has 0 aliphatic heterocycles. The van der Waals surface area contributed by atoms with Gasteiger partial charge in [-0.25, -0.2) is 0 Å². The number of phenolic OH excluding ortho intramolecular Hbond substituents is 1. The van der Waals surface area contributed by atoms with E-state index < -0.39 is 0 Å². The van der Waals surface area contributed by atoms with E-state index in [4.69, 9.17) is 0 Å². The zero-order chi connectivity index (χ0) is 13.6. The molecular formula is C16H11BrO2. The molecule has 0 aromatic heterocycles. The number of ketones is 1. The van der Waals surface area contributed by atoms with Crippen molar-refractivity contribution in [1.82, 2.24) is 0 Å². The van der Waals surface area contributed by atoms with Crippen LogP contribution in [0.5, 0.6) is 5.75 Å². The average Bonchev–Trinajstić information content (AvgIpc) is 2.39. The number of hydrogen-bond donors (Lipinski definition) is 1. The average molecular weight is 315 g/mol. The predicted molar refractivity (Wildman–Crippen MR) is 79.2 cm³/mol. The summed E-state index contributed by atoms with van der Waals surface area (Å²) in [6, 6.07) is 10.6. The second-order valence-corrected chi connectivity index (χ2v) is 5.45. The predicted octanol–water partition coefficient (Wildman–Crippen LogP) is 4.26. The van der Waals surface area contributed by atoms with Crippen LogP contribution < -0.4 is 0 Å². The number of fused-ring (bicyclic) bond motifs is 1. The van der Waals surface area contributed by atoms with Crippen molar-refractivity contribution in [3.05, 3.63) is 63.1 Å². The van der Waals surface area contributed by atoms with E-state index in [1.54, 1.807) is 24.3 Å². The molecule has 0 saturated carbocycles. The third-order valence-corrected chi connectivity index (χ3v) is 4.02. The number of benzene rings is 2. The van der Waals surface area contributed by atoms with Crippen LogP contribution >= 0.6 is 15.9 Å². The van der Waals surface area contributed by atoms with Crippen molar-refractivity contribution in [2.45, 2.75) is 6.92 Å². The molecule has 0 bridgehead atoms. The Kier molecular flexibility index (Phi) is 2.79. The first-order valence-electron chi connectivity index (χ1n) is 5.93. The summed E-state index contributed by atoms with van der Waals surface area (Å²) in [6.45, 7) is 1.98. The molecule has 0 atom stereocenters. The molecule has 3 rings (SSSR count). The van der Waals surface area contributed by atoms with Gasteiger partial charge in [0.05, 0.1) is 5.56 Å². The highest BCUT2D eigenvalue weighted by Gasteiger charge is 2.21. The summed E-state index contributed by atoms with van der Waals surface area (Å²) in [7, 11) is 0. The summed E-state index contributed by atoms with van der Waals surface area (Å²) in [4.78, 5) is 12.4. The first-order valence-corrected chi connectivity index (χ1v) is 6.72. The van der Waals surface area contributed by atoms with Crippen LogP contribution in [0.15, 0.2) is 40.9 Å². The Bertz CT molecular complexity index is 730. The number of hydrogen-bond acceptors (Lipinski definition) is 2. The fourth-order valence-corrected chi connectivity index (χ4v) is 2.74. The molecule has 2 nitrogen and oxygen atoms in total. The molecule has 0 radical (unpaired) electrons. The lowest BCUT2D eigenvalue weighted by Gasteiger charge is -2.18. The molecule has 2 aromatic rings. The monoisotopic (exact) mass is 314 g/mol. The molecule has 2 aromatic carbocycles. The Morgan fingerprint density at radius 3 is 2.58 bits per heavy atom. The van der Waals surface area contributed by atoms with Crippen molar-refractivity contribution in [3.8, 4) is 5.75 Å². The standard InChI is InChI=1S/C16H11BrO2/c1-9-6-10-7-13(15(18)8-12(9)10)16(19)11-4-2-3-5-14(11)17/h2-8,18H,1H3. The van der Waals surface area contributed by atoms with Gasteiger partial charge in [-0.1, -0.05) is 34.1 Å². The molecule has 0 spiro atoms. The van der Waals surface area contributed by atoms with E-state index in [0.29, 0.717) is 11.1 Å². The lowest BCUT2D eigenvalue weighted by Crippen LogP contribution is -2.06. The summed E-state index contributed by atoms with van der Waals surface area (Å²) in [5.74, 6) is -0.141. The van der Waals surface area contributed by atoms with Gasteiger partial charge in [-0.2, -0.15) is 0 Å². The van der Waals surface area contributed by atoms with E-state index in [0.717, 1.165) is 21.2 Å². The number of halogens is 1. The molecule has 94 valence electrons. The minimum atomic E-state index is -0.175. The lowest BCUT2D eigenvalue weighted by molar-refractivity contribution is 0.103. The first kappa shape index (κ1) is 12.2. The van der Waals surface area contributed by atoms with Gasteiger partial charge in [-0.05, 0) is 47.9 Å². The van der Waals surface area contributed by atoms with Gasteiger partial charge in [0.15, 0.2) is 5.78 Å².